The maximum atomic E-state index is 12.2. The molecular formula is C14H20ClO5P. The van der Waals surface area contributed by atoms with Crippen molar-refractivity contribution in [3.8, 4) is 0 Å². The zero-order valence-electron chi connectivity index (χ0n) is 12.4. The van der Waals surface area contributed by atoms with Crippen LogP contribution in [-0.4, -0.2) is 33.0 Å². The van der Waals surface area contributed by atoms with Gasteiger partial charge in [-0.1, -0.05) is 23.7 Å². The van der Waals surface area contributed by atoms with Gasteiger partial charge in [0.2, 0.25) is 0 Å². The predicted molar refractivity (Wildman–Crippen MR) is 81.8 cm³/mol. The van der Waals surface area contributed by atoms with E-state index in [1.807, 2.05) is 6.07 Å². The second-order valence-electron chi connectivity index (χ2n) is 4.44. The maximum absolute atomic E-state index is 12.2. The number of benzene rings is 1. The molecule has 0 aromatic heterocycles. The van der Waals surface area contributed by atoms with E-state index in [0.29, 0.717) is 11.4 Å². The second-order valence-corrected chi connectivity index (χ2v) is 7.20. The largest absolute Gasteiger partial charge is 0.466 e. The number of ether oxygens (including phenoxy) is 1. The van der Waals surface area contributed by atoms with Gasteiger partial charge in [-0.05, 0) is 31.0 Å². The van der Waals surface area contributed by atoms with Crippen LogP contribution in [0.2, 0.25) is 5.02 Å². The molecule has 0 radical (unpaired) electrons. The molecule has 1 aromatic rings. The molecule has 0 aliphatic rings. The summed E-state index contributed by atoms with van der Waals surface area (Å²) in [7, 11) is -0.702. The molecule has 0 saturated heterocycles. The van der Waals surface area contributed by atoms with Gasteiger partial charge in [0.1, 0.15) is 0 Å². The van der Waals surface area contributed by atoms with Crippen molar-refractivity contribution in [3.63, 3.8) is 0 Å². The van der Waals surface area contributed by atoms with Crippen LogP contribution in [0.1, 0.15) is 12.5 Å². The minimum absolute atomic E-state index is 0.0364. The third-order valence-corrected chi connectivity index (χ3v) is 5.23. The number of carbonyl (C=O) groups is 1. The first-order chi connectivity index (χ1) is 9.94. The van der Waals surface area contributed by atoms with Crippen molar-refractivity contribution in [3.05, 3.63) is 34.9 Å². The van der Waals surface area contributed by atoms with Crippen molar-refractivity contribution in [1.29, 1.82) is 0 Å². The molecule has 5 nitrogen and oxygen atoms in total. The smallest absolute Gasteiger partial charge is 0.331 e. The molecule has 21 heavy (non-hydrogen) atoms. The fraction of sp³-hybridized carbons (Fsp3) is 0.500. The Morgan fingerprint density at radius 1 is 1.33 bits per heavy atom. The van der Waals surface area contributed by atoms with E-state index in [9.17, 15) is 9.36 Å². The highest BCUT2D eigenvalue weighted by molar-refractivity contribution is 7.53. The van der Waals surface area contributed by atoms with Crippen LogP contribution >= 0.6 is 19.2 Å². The Kier molecular flexibility index (Phi) is 7.40. The molecule has 1 unspecified atom stereocenters. The summed E-state index contributed by atoms with van der Waals surface area (Å²) >= 11 is 5.94. The molecule has 0 bridgehead atoms. The Hall–Kier alpha value is -0.870. The maximum Gasteiger partial charge on any atom is 0.331 e. The van der Waals surface area contributed by atoms with Gasteiger partial charge in [-0.25, -0.2) is 0 Å². The molecular weight excluding hydrogens is 315 g/mol. The summed E-state index contributed by atoms with van der Waals surface area (Å²) in [6, 6.07) is 7.16. The lowest BCUT2D eigenvalue weighted by molar-refractivity contribution is -0.147. The zero-order valence-corrected chi connectivity index (χ0v) is 14.0. The quantitative estimate of drug-likeness (QED) is 0.537. The summed E-state index contributed by atoms with van der Waals surface area (Å²) in [6.07, 6.45) is 0.321. The standard InChI is InChI=1S/C14H20ClO5P/c1-4-20-14(16)12(10-21(17,18-2)19-3)8-11-6-5-7-13(15)9-11/h5-7,9,12H,4,8,10H2,1-3H3. The molecule has 7 heteroatoms. The van der Waals surface area contributed by atoms with Gasteiger partial charge in [0, 0.05) is 19.2 Å². The van der Waals surface area contributed by atoms with E-state index < -0.39 is 19.5 Å². The molecule has 0 spiro atoms. The van der Waals surface area contributed by atoms with Crippen molar-refractivity contribution < 1.29 is 23.1 Å². The molecule has 0 N–H and O–H groups in total. The topological polar surface area (TPSA) is 61.8 Å². The van der Waals surface area contributed by atoms with Crippen LogP contribution in [0.5, 0.6) is 0 Å². The summed E-state index contributed by atoms with van der Waals surface area (Å²) < 4.78 is 27.1. The van der Waals surface area contributed by atoms with Crippen molar-refractivity contribution in [2.75, 3.05) is 27.0 Å². The van der Waals surface area contributed by atoms with Gasteiger partial charge < -0.3 is 13.8 Å². The fourth-order valence-electron chi connectivity index (χ4n) is 1.92. The summed E-state index contributed by atoms with van der Waals surface area (Å²) in [6.45, 7) is 1.98. The zero-order chi connectivity index (χ0) is 15.9. The Balaban J connectivity index is 2.92. The first-order valence-corrected chi connectivity index (χ1v) is 8.66. The fourth-order valence-corrected chi connectivity index (χ4v) is 3.40. The van der Waals surface area contributed by atoms with Crippen LogP contribution in [0, 0.1) is 5.92 Å². The van der Waals surface area contributed by atoms with Crippen LogP contribution in [0.15, 0.2) is 24.3 Å². The molecule has 0 saturated carbocycles. The van der Waals surface area contributed by atoms with Gasteiger partial charge in [0.15, 0.2) is 0 Å². The number of hydrogen-bond acceptors (Lipinski definition) is 5. The van der Waals surface area contributed by atoms with Crippen molar-refractivity contribution >= 4 is 25.2 Å². The van der Waals surface area contributed by atoms with Crippen LogP contribution in [0.3, 0.4) is 0 Å². The van der Waals surface area contributed by atoms with Crippen molar-refractivity contribution in [2.24, 2.45) is 5.92 Å². The normalized spacial score (nSPS) is 13.0. The molecule has 1 atom stereocenters. The van der Waals surface area contributed by atoms with Gasteiger partial charge in [0.05, 0.1) is 18.7 Å². The third kappa shape index (κ3) is 5.79. The SMILES string of the molecule is CCOC(=O)C(Cc1cccc(Cl)c1)CP(=O)(OC)OC. The first-order valence-electron chi connectivity index (χ1n) is 6.55. The molecule has 0 fully saturated rings. The highest BCUT2D eigenvalue weighted by atomic mass is 35.5. The summed E-state index contributed by atoms with van der Waals surface area (Å²) in [4.78, 5) is 12.1. The van der Waals surface area contributed by atoms with Crippen LogP contribution in [0.4, 0.5) is 0 Å². The van der Waals surface area contributed by atoms with Gasteiger partial charge in [-0.3, -0.25) is 9.36 Å². The summed E-state index contributed by atoms with van der Waals surface area (Å²) in [5, 5.41) is 0.580. The van der Waals surface area contributed by atoms with E-state index in [1.165, 1.54) is 14.2 Å². The molecule has 0 aliphatic heterocycles. The van der Waals surface area contributed by atoms with E-state index in [2.05, 4.69) is 0 Å². The Morgan fingerprint density at radius 3 is 2.52 bits per heavy atom. The van der Waals surface area contributed by atoms with Gasteiger partial charge in [-0.15, -0.1) is 0 Å². The summed E-state index contributed by atoms with van der Waals surface area (Å²) in [5.41, 5.74) is 0.860. The minimum Gasteiger partial charge on any atom is -0.466 e. The van der Waals surface area contributed by atoms with E-state index in [4.69, 9.17) is 25.4 Å². The number of esters is 1. The monoisotopic (exact) mass is 334 g/mol. The third-order valence-electron chi connectivity index (χ3n) is 2.99. The van der Waals surface area contributed by atoms with Gasteiger partial charge in [-0.2, -0.15) is 0 Å². The predicted octanol–water partition coefficient (Wildman–Crippen LogP) is 3.55. The van der Waals surface area contributed by atoms with Crippen LogP contribution < -0.4 is 0 Å². The van der Waals surface area contributed by atoms with Crippen LogP contribution in [-0.2, 0) is 29.6 Å². The van der Waals surface area contributed by atoms with E-state index in [-0.39, 0.29) is 12.8 Å². The molecule has 1 rings (SSSR count). The molecule has 0 heterocycles. The molecule has 0 amide bonds. The van der Waals surface area contributed by atoms with Crippen LogP contribution in [0.25, 0.3) is 0 Å². The van der Waals surface area contributed by atoms with Gasteiger partial charge >= 0.3 is 13.6 Å². The Morgan fingerprint density at radius 2 is 2.00 bits per heavy atom. The number of hydrogen-bond donors (Lipinski definition) is 0. The lowest BCUT2D eigenvalue weighted by atomic mass is 10.0. The highest BCUT2D eigenvalue weighted by Crippen LogP contribution is 2.48. The van der Waals surface area contributed by atoms with E-state index in [1.54, 1.807) is 25.1 Å². The Bertz CT molecular complexity index is 512. The lowest BCUT2D eigenvalue weighted by Gasteiger charge is -2.20. The van der Waals surface area contributed by atoms with Crippen molar-refractivity contribution in [1.82, 2.24) is 0 Å². The average molecular weight is 335 g/mol. The van der Waals surface area contributed by atoms with Crippen molar-refractivity contribution in [2.45, 2.75) is 13.3 Å². The van der Waals surface area contributed by atoms with E-state index >= 15 is 0 Å². The highest BCUT2D eigenvalue weighted by Gasteiger charge is 2.32. The number of carbonyl (C=O) groups excluding carboxylic acids is 1. The minimum atomic E-state index is -3.30. The lowest BCUT2D eigenvalue weighted by Crippen LogP contribution is -2.24. The molecule has 0 aliphatic carbocycles. The number of halogens is 1. The van der Waals surface area contributed by atoms with Gasteiger partial charge in [0.25, 0.3) is 0 Å². The second kappa shape index (κ2) is 8.54. The molecule has 1 aromatic carbocycles. The summed E-state index contributed by atoms with van der Waals surface area (Å²) in [5.74, 6) is -1.04. The van der Waals surface area contributed by atoms with E-state index in [0.717, 1.165) is 5.56 Å². The molecule has 118 valence electrons. The first kappa shape index (κ1) is 18.2. The number of rotatable bonds is 8. The Labute approximate surface area is 130 Å². The average Bonchev–Trinajstić information content (AvgIpc) is 2.46.